The smallest absolute Gasteiger partial charge is 0.870 e. The molecule has 0 spiro atoms. The number of para-hydroxylation sites is 2. The molecule has 2 aromatic heterocycles. The van der Waals surface area contributed by atoms with Crippen LogP contribution in [0.5, 0.6) is 0 Å². The summed E-state index contributed by atoms with van der Waals surface area (Å²) in [4.78, 5) is 24.1. The van der Waals surface area contributed by atoms with E-state index >= 15 is 0 Å². The molecule has 0 amide bonds. The number of carboxylic acid groups (broad SMARTS) is 1. The third kappa shape index (κ3) is 7.93. The molecule has 244 valence electrons. The normalized spacial score (nSPS) is 11.9. The molecule has 0 radical (unpaired) electrons. The zero-order chi connectivity index (χ0) is 33.1. The summed E-state index contributed by atoms with van der Waals surface area (Å²) in [6.45, 7) is 10.2. The number of hydrogen-bond donors (Lipinski definition) is 1. The number of benzene rings is 4. The molecule has 0 bridgehead atoms. The van der Waals surface area contributed by atoms with E-state index in [1.165, 1.54) is 0 Å². The van der Waals surface area contributed by atoms with Crippen LogP contribution in [0.25, 0.3) is 21.8 Å². The first-order chi connectivity index (χ1) is 22.0. The van der Waals surface area contributed by atoms with Crippen molar-refractivity contribution in [1.29, 1.82) is 0 Å². The summed E-state index contributed by atoms with van der Waals surface area (Å²) < 4.78 is 9.52. The minimum atomic E-state index is -0.893. The van der Waals surface area contributed by atoms with Crippen molar-refractivity contribution in [3.63, 3.8) is 0 Å². The molecule has 48 heavy (non-hydrogen) atoms. The van der Waals surface area contributed by atoms with E-state index < -0.39 is 5.97 Å². The number of rotatable bonds is 7. The largest absolute Gasteiger partial charge is 1.00 e. The van der Waals surface area contributed by atoms with Crippen LogP contribution in [0.15, 0.2) is 97.1 Å². The van der Waals surface area contributed by atoms with Gasteiger partial charge in [0.2, 0.25) is 0 Å². The summed E-state index contributed by atoms with van der Waals surface area (Å²) in [5.41, 5.74) is 6.88. The predicted molar refractivity (Wildman–Crippen MR) is 189 cm³/mol. The Morgan fingerprint density at radius 3 is 1.46 bits per heavy atom. The maximum atomic E-state index is 12.4. The van der Waals surface area contributed by atoms with Gasteiger partial charge < -0.3 is 24.5 Å². The van der Waals surface area contributed by atoms with Gasteiger partial charge in [0.1, 0.15) is 0 Å². The van der Waals surface area contributed by atoms with Crippen molar-refractivity contribution >= 4 is 56.9 Å². The van der Waals surface area contributed by atoms with Gasteiger partial charge in [-0.3, -0.25) is 0 Å². The average molecular weight is 712 g/mol. The summed E-state index contributed by atoms with van der Waals surface area (Å²) in [6, 6.07) is 31.1. The van der Waals surface area contributed by atoms with Crippen LogP contribution < -0.4 is 51.4 Å². The number of esters is 1. The molecule has 2 unspecified atom stereocenters. The molecule has 4 aromatic carbocycles. The summed E-state index contributed by atoms with van der Waals surface area (Å²) in [6.07, 6.45) is 0. The average Bonchev–Trinajstić information content (AvgIpc) is 3.51. The number of aromatic nitrogens is 2. The first-order valence-electron chi connectivity index (χ1n) is 15.2. The Morgan fingerprint density at radius 1 is 0.688 bits per heavy atom. The van der Waals surface area contributed by atoms with E-state index in [9.17, 15) is 14.7 Å². The van der Waals surface area contributed by atoms with E-state index in [4.69, 9.17) is 27.9 Å². The Hall–Kier alpha value is -2.92. The Morgan fingerprint density at radius 2 is 1.06 bits per heavy atom. The predicted octanol–water partition coefficient (Wildman–Crippen LogP) is 7.13. The van der Waals surface area contributed by atoms with E-state index in [1.54, 1.807) is 0 Å². The van der Waals surface area contributed by atoms with Crippen molar-refractivity contribution in [2.24, 2.45) is 0 Å². The number of fused-ring (bicyclic) bond motifs is 2. The topological polar surface area (TPSA) is 103 Å². The maximum Gasteiger partial charge on any atom is 1.00 e. The summed E-state index contributed by atoms with van der Waals surface area (Å²) in [5.74, 6) is -1.16. The molecule has 6 rings (SSSR count). The minimum Gasteiger partial charge on any atom is -0.870 e. The number of ether oxygens (including phenoxy) is 1. The minimum absolute atomic E-state index is 0. The molecule has 2 atom stereocenters. The molecule has 2 heterocycles. The molecule has 0 aliphatic heterocycles. The van der Waals surface area contributed by atoms with Gasteiger partial charge in [-0.25, -0.2) is 9.59 Å². The van der Waals surface area contributed by atoms with Crippen molar-refractivity contribution in [3.05, 3.63) is 141 Å². The summed E-state index contributed by atoms with van der Waals surface area (Å²) in [5, 5.41) is 12.6. The van der Waals surface area contributed by atoms with Crippen molar-refractivity contribution in [3.8, 4) is 0 Å². The second-order valence-corrected chi connectivity index (χ2v) is 12.0. The quantitative estimate of drug-likeness (QED) is 0.140. The van der Waals surface area contributed by atoms with Crippen LogP contribution in [0.4, 0.5) is 0 Å². The SMILES string of the molecule is CCOC(=O)c1c(C)n(C(C)c2ccc(Cl)cc2)c2ccccc12.Cc1c(C(=O)O)c2ccccc2n1C(C)c1ccc(Cl)cc1.[K+].[OH-]. The monoisotopic (exact) mass is 710 g/mol. The Balaban J connectivity index is 0.000000251. The van der Waals surface area contributed by atoms with Gasteiger partial charge in [0.05, 0.1) is 29.8 Å². The first kappa shape index (κ1) is 39.5. The Labute approximate surface area is 333 Å². The third-order valence-corrected chi connectivity index (χ3v) is 8.99. The molecule has 10 heteroatoms. The molecular formula is C38H37Cl2KN2O5. The van der Waals surface area contributed by atoms with Crippen LogP contribution in [0.3, 0.4) is 0 Å². The van der Waals surface area contributed by atoms with Crippen LogP contribution in [-0.2, 0) is 4.74 Å². The number of carbonyl (C=O) groups excluding carboxylic acids is 1. The molecule has 7 nitrogen and oxygen atoms in total. The van der Waals surface area contributed by atoms with Gasteiger partial charge in [-0.15, -0.1) is 0 Å². The van der Waals surface area contributed by atoms with Crippen LogP contribution in [0.1, 0.15) is 76.1 Å². The van der Waals surface area contributed by atoms with Gasteiger partial charge in [0.15, 0.2) is 0 Å². The zero-order valence-corrected chi connectivity index (χ0v) is 32.5. The van der Waals surface area contributed by atoms with Crippen molar-refractivity contribution < 1.29 is 76.3 Å². The second kappa shape index (κ2) is 17.1. The molecule has 0 fully saturated rings. The van der Waals surface area contributed by atoms with E-state index in [2.05, 4.69) is 23.0 Å². The standard InChI is InChI=1S/C20H20ClNO2.C18H16ClNO2.K.H2O/c1-4-24-20(23)19-14(3)22(18-8-6-5-7-17(18)19)13(2)15-9-11-16(21)12-10-15;1-11(13-7-9-14(19)10-8-13)20-12(2)17(18(21)22)15-5-3-4-6-16(15)20;;/h5-13H,4H2,1-3H3;3-11H,1-2H3,(H,21,22);;1H2/q;;+1;/p-1. The fourth-order valence-electron chi connectivity index (χ4n) is 6.29. The fraction of sp³-hybridized carbons (Fsp3) is 0.211. The Bertz CT molecular complexity index is 2040. The zero-order valence-electron chi connectivity index (χ0n) is 27.9. The second-order valence-electron chi connectivity index (χ2n) is 11.2. The van der Waals surface area contributed by atoms with Gasteiger partial charge in [-0.1, -0.05) is 83.9 Å². The maximum absolute atomic E-state index is 12.4. The molecule has 0 aliphatic rings. The number of nitrogens with zero attached hydrogens (tertiary/aromatic N) is 2. The van der Waals surface area contributed by atoms with Gasteiger partial charge in [0, 0.05) is 43.2 Å². The van der Waals surface area contributed by atoms with Crippen molar-refractivity contribution in [2.45, 2.75) is 46.7 Å². The summed E-state index contributed by atoms with van der Waals surface area (Å²) >= 11 is 12.0. The van der Waals surface area contributed by atoms with E-state index in [1.807, 2.05) is 118 Å². The molecule has 0 saturated heterocycles. The molecular weight excluding hydrogens is 674 g/mol. The molecule has 2 N–H and O–H groups in total. The molecule has 0 saturated carbocycles. The number of aromatic carboxylic acids is 1. The number of carboxylic acids is 1. The number of carbonyl (C=O) groups is 2. The molecule has 6 aromatic rings. The van der Waals surface area contributed by atoms with Crippen LogP contribution >= 0.6 is 23.2 Å². The van der Waals surface area contributed by atoms with E-state index in [-0.39, 0.29) is 74.9 Å². The Kier molecular flexibility index (Phi) is 14.1. The van der Waals surface area contributed by atoms with Gasteiger partial charge in [0.25, 0.3) is 0 Å². The van der Waals surface area contributed by atoms with Crippen molar-refractivity contribution in [1.82, 2.24) is 9.13 Å². The van der Waals surface area contributed by atoms with Gasteiger partial charge in [-0.05, 0) is 82.1 Å². The van der Waals surface area contributed by atoms with E-state index in [0.29, 0.717) is 27.8 Å². The van der Waals surface area contributed by atoms with E-state index in [0.717, 1.165) is 44.3 Å². The number of hydrogen-bond acceptors (Lipinski definition) is 4. The fourth-order valence-corrected chi connectivity index (χ4v) is 6.54. The van der Waals surface area contributed by atoms with Gasteiger partial charge >= 0.3 is 63.3 Å². The van der Waals surface area contributed by atoms with Crippen molar-refractivity contribution in [2.75, 3.05) is 6.61 Å². The van der Waals surface area contributed by atoms with Gasteiger partial charge in [-0.2, -0.15) is 0 Å². The third-order valence-electron chi connectivity index (χ3n) is 8.49. The first-order valence-corrected chi connectivity index (χ1v) is 15.9. The number of halogens is 2. The molecule has 0 aliphatic carbocycles. The van der Waals surface area contributed by atoms with Crippen LogP contribution in [-0.4, -0.2) is 38.3 Å². The summed E-state index contributed by atoms with van der Waals surface area (Å²) in [7, 11) is 0. The van der Waals surface area contributed by atoms with Crippen LogP contribution in [0, 0.1) is 13.8 Å². The van der Waals surface area contributed by atoms with Crippen LogP contribution in [0.2, 0.25) is 10.0 Å².